The van der Waals surface area contributed by atoms with Crippen molar-refractivity contribution in [2.75, 3.05) is 7.05 Å². The fourth-order valence-electron chi connectivity index (χ4n) is 2.52. The van der Waals surface area contributed by atoms with Crippen molar-refractivity contribution in [3.63, 3.8) is 0 Å². The Morgan fingerprint density at radius 3 is 2.24 bits per heavy atom. The van der Waals surface area contributed by atoms with E-state index in [9.17, 15) is 4.39 Å². The van der Waals surface area contributed by atoms with Gasteiger partial charge >= 0.3 is 0 Å². The lowest BCUT2D eigenvalue weighted by Gasteiger charge is -2.20. The van der Waals surface area contributed by atoms with Crippen LogP contribution in [0, 0.1) is 5.82 Å². The highest BCUT2D eigenvalue weighted by molar-refractivity contribution is 6.31. The Bertz CT molecular complexity index is 574. The van der Waals surface area contributed by atoms with Gasteiger partial charge in [-0.05, 0) is 42.6 Å². The molecule has 0 radical (unpaired) electrons. The second-order valence-corrected chi connectivity index (χ2v) is 5.74. The molecular weight excluding hydrogens is 285 g/mol. The minimum Gasteiger partial charge on any atom is -0.309 e. The van der Waals surface area contributed by atoms with Crippen molar-refractivity contribution in [1.29, 1.82) is 0 Å². The van der Waals surface area contributed by atoms with Gasteiger partial charge < -0.3 is 5.32 Å². The molecule has 1 N–H and O–H groups in total. The van der Waals surface area contributed by atoms with E-state index in [2.05, 4.69) is 31.3 Å². The Morgan fingerprint density at radius 2 is 1.71 bits per heavy atom. The average molecular weight is 306 g/mol. The maximum atomic E-state index is 14.1. The van der Waals surface area contributed by atoms with E-state index in [1.165, 1.54) is 11.6 Å². The van der Waals surface area contributed by atoms with Crippen LogP contribution in [-0.2, 0) is 0 Å². The van der Waals surface area contributed by atoms with E-state index in [1.54, 1.807) is 12.1 Å². The molecule has 0 spiro atoms. The molecule has 0 bridgehead atoms. The molecular formula is C18H21ClFN. The lowest BCUT2D eigenvalue weighted by molar-refractivity contribution is 0.576. The molecule has 2 unspecified atom stereocenters. The van der Waals surface area contributed by atoms with E-state index < -0.39 is 0 Å². The van der Waals surface area contributed by atoms with Crippen LogP contribution in [0.1, 0.15) is 48.9 Å². The molecule has 3 heteroatoms. The van der Waals surface area contributed by atoms with Crippen molar-refractivity contribution in [2.45, 2.75) is 32.2 Å². The summed E-state index contributed by atoms with van der Waals surface area (Å²) < 4.78 is 14.1. The van der Waals surface area contributed by atoms with Gasteiger partial charge in [0.15, 0.2) is 0 Å². The largest absolute Gasteiger partial charge is 0.309 e. The molecule has 0 aliphatic carbocycles. The van der Waals surface area contributed by atoms with Crippen LogP contribution in [0.3, 0.4) is 0 Å². The predicted molar refractivity (Wildman–Crippen MR) is 87.5 cm³/mol. The van der Waals surface area contributed by atoms with E-state index >= 15 is 0 Å². The van der Waals surface area contributed by atoms with Gasteiger partial charge in [-0.2, -0.15) is 0 Å². The zero-order valence-corrected chi connectivity index (χ0v) is 13.4. The van der Waals surface area contributed by atoms with Crippen molar-refractivity contribution in [3.8, 4) is 0 Å². The molecule has 0 fully saturated rings. The molecule has 0 aromatic heterocycles. The third kappa shape index (κ3) is 3.45. The van der Waals surface area contributed by atoms with Gasteiger partial charge in [-0.15, -0.1) is 0 Å². The zero-order chi connectivity index (χ0) is 15.4. The molecule has 2 aromatic carbocycles. The first kappa shape index (κ1) is 16.0. The summed E-state index contributed by atoms with van der Waals surface area (Å²) in [7, 11) is 1.82. The van der Waals surface area contributed by atoms with E-state index in [-0.39, 0.29) is 11.9 Å². The van der Waals surface area contributed by atoms with Crippen LogP contribution in [0.5, 0.6) is 0 Å². The van der Waals surface area contributed by atoms with Crippen LogP contribution in [-0.4, -0.2) is 7.05 Å². The number of hydrogen-bond donors (Lipinski definition) is 1. The molecule has 0 saturated carbocycles. The summed E-state index contributed by atoms with van der Waals surface area (Å²) in [5, 5.41) is 3.60. The summed E-state index contributed by atoms with van der Waals surface area (Å²) in [6.07, 6.45) is 1.11. The van der Waals surface area contributed by atoms with Crippen molar-refractivity contribution >= 4 is 11.6 Å². The number of benzene rings is 2. The van der Waals surface area contributed by atoms with Crippen molar-refractivity contribution in [1.82, 2.24) is 5.32 Å². The first-order valence-corrected chi connectivity index (χ1v) is 7.67. The number of nitrogens with one attached hydrogen (secondary N) is 1. The Kier molecular flexibility index (Phi) is 5.38. The molecule has 2 atom stereocenters. The highest BCUT2D eigenvalue weighted by Gasteiger charge is 2.19. The molecule has 2 aromatic rings. The van der Waals surface area contributed by atoms with Crippen LogP contribution >= 0.6 is 11.6 Å². The summed E-state index contributed by atoms with van der Waals surface area (Å²) >= 11 is 6.18. The van der Waals surface area contributed by atoms with Gasteiger partial charge in [0.1, 0.15) is 5.82 Å². The Balaban J connectivity index is 2.38. The predicted octanol–water partition coefficient (Wildman–Crippen LogP) is 5.30. The minimum atomic E-state index is -0.284. The first-order valence-electron chi connectivity index (χ1n) is 7.29. The van der Waals surface area contributed by atoms with Gasteiger partial charge in [0.2, 0.25) is 0 Å². The van der Waals surface area contributed by atoms with Gasteiger partial charge in [0, 0.05) is 10.6 Å². The third-order valence-corrected chi connectivity index (χ3v) is 4.36. The SMILES string of the molecule is CCC(C)c1ccc(C(NC)c2c(F)cccc2Cl)cc1. The van der Waals surface area contributed by atoms with Crippen LogP contribution in [0.2, 0.25) is 5.02 Å². The Hall–Kier alpha value is -1.38. The summed E-state index contributed by atoms with van der Waals surface area (Å²) in [5.41, 5.74) is 2.81. The smallest absolute Gasteiger partial charge is 0.129 e. The topological polar surface area (TPSA) is 12.0 Å². The quantitative estimate of drug-likeness (QED) is 0.790. The lowest BCUT2D eigenvalue weighted by atomic mass is 9.93. The highest BCUT2D eigenvalue weighted by Crippen LogP contribution is 2.31. The standard InChI is InChI=1S/C18H21ClFN/c1-4-12(2)13-8-10-14(11-9-13)18(21-3)17-15(19)6-5-7-16(17)20/h5-12,18,21H,4H2,1-3H3. The highest BCUT2D eigenvalue weighted by atomic mass is 35.5. The van der Waals surface area contributed by atoms with Crippen molar-refractivity contribution < 1.29 is 4.39 Å². The van der Waals surface area contributed by atoms with Gasteiger partial charge in [0.05, 0.1) is 6.04 Å². The average Bonchev–Trinajstić information content (AvgIpc) is 2.50. The zero-order valence-electron chi connectivity index (χ0n) is 12.7. The van der Waals surface area contributed by atoms with Crippen LogP contribution in [0.25, 0.3) is 0 Å². The summed E-state index contributed by atoms with van der Waals surface area (Å²) in [4.78, 5) is 0. The van der Waals surface area contributed by atoms with Gasteiger partial charge in [-0.25, -0.2) is 4.39 Å². The van der Waals surface area contributed by atoms with E-state index in [4.69, 9.17) is 11.6 Å². The minimum absolute atomic E-state index is 0.246. The maximum absolute atomic E-state index is 14.1. The monoisotopic (exact) mass is 305 g/mol. The third-order valence-electron chi connectivity index (χ3n) is 4.03. The van der Waals surface area contributed by atoms with Crippen LogP contribution in [0.4, 0.5) is 4.39 Å². The van der Waals surface area contributed by atoms with E-state index in [0.29, 0.717) is 16.5 Å². The van der Waals surface area contributed by atoms with Gasteiger partial charge in [0.25, 0.3) is 0 Å². The lowest BCUT2D eigenvalue weighted by Crippen LogP contribution is -2.19. The molecule has 1 nitrogen and oxygen atoms in total. The summed E-state index contributed by atoms with van der Waals surface area (Å²) in [6, 6.07) is 12.9. The van der Waals surface area contributed by atoms with Gasteiger partial charge in [-0.3, -0.25) is 0 Å². The molecule has 0 aliphatic heterocycles. The first-order chi connectivity index (χ1) is 10.1. The Labute approximate surface area is 131 Å². The number of rotatable bonds is 5. The molecule has 2 rings (SSSR count). The number of hydrogen-bond acceptors (Lipinski definition) is 1. The molecule has 0 aliphatic rings. The van der Waals surface area contributed by atoms with Gasteiger partial charge in [-0.1, -0.05) is 55.8 Å². The van der Waals surface area contributed by atoms with Crippen molar-refractivity contribution in [3.05, 3.63) is 70.0 Å². The second-order valence-electron chi connectivity index (χ2n) is 5.33. The summed E-state index contributed by atoms with van der Waals surface area (Å²) in [6.45, 7) is 4.38. The van der Waals surface area contributed by atoms with Crippen molar-refractivity contribution in [2.24, 2.45) is 0 Å². The normalized spacial score (nSPS) is 14.0. The molecule has 0 heterocycles. The number of halogens is 2. The second kappa shape index (κ2) is 7.06. The maximum Gasteiger partial charge on any atom is 0.129 e. The van der Waals surface area contributed by atoms with E-state index in [1.807, 2.05) is 19.2 Å². The van der Waals surface area contributed by atoms with E-state index in [0.717, 1.165) is 12.0 Å². The fraction of sp³-hybridized carbons (Fsp3) is 0.333. The molecule has 112 valence electrons. The van der Waals surface area contributed by atoms with Crippen LogP contribution in [0.15, 0.2) is 42.5 Å². The fourth-order valence-corrected chi connectivity index (χ4v) is 2.79. The molecule has 21 heavy (non-hydrogen) atoms. The molecule has 0 saturated heterocycles. The molecule has 0 amide bonds. The van der Waals surface area contributed by atoms with Crippen LogP contribution < -0.4 is 5.32 Å². The summed E-state index contributed by atoms with van der Waals surface area (Å²) in [5.74, 6) is 0.247. The Morgan fingerprint density at radius 1 is 1.10 bits per heavy atom.